The molecule has 7 nitrogen and oxygen atoms in total. The summed E-state index contributed by atoms with van der Waals surface area (Å²) >= 11 is 0. The van der Waals surface area contributed by atoms with Crippen LogP contribution in [0.15, 0.2) is 61.2 Å². The molecule has 4 rings (SSSR count). The van der Waals surface area contributed by atoms with Crippen molar-refractivity contribution in [3.8, 4) is 5.69 Å². The van der Waals surface area contributed by atoms with E-state index in [0.29, 0.717) is 18.8 Å². The molecule has 2 heterocycles. The van der Waals surface area contributed by atoms with Crippen LogP contribution in [-0.2, 0) is 11.0 Å². The molecule has 0 saturated carbocycles. The van der Waals surface area contributed by atoms with Crippen LogP contribution in [0.5, 0.6) is 0 Å². The number of rotatable bonds is 5. The van der Waals surface area contributed by atoms with Gasteiger partial charge in [-0.1, -0.05) is 18.2 Å². The number of para-hydroxylation sites is 1. The van der Waals surface area contributed by atoms with Crippen molar-refractivity contribution in [1.29, 1.82) is 0 Å². The van der Waals surface area contributed by atoms with E-state index in [-0.39, 0.29) is 18.1 Å². The quantitative estimate of drug-likeness (QED) is 0.674. The smallest absolute Gasteiger partial charge is 0.369 e. The zero-order valence-electron chi connectivity index (χ0n) is 16.6. The number of nitrogens with one attached hydrogen (secondary N) is 1. The highest BCUT2D eigenvalue weighted by Gasteiger charge is 2.31. The van der Waals surface area contributed by atoms with E-state index < -0.39 is 11.7 Å². The van der Waals surface area contributed by atoms with Gasteiger partial charge in [0, 0.05) is 31.9 Å². The van der Waals surface area contributed by atoms with E-state index in [9.17, 15) is 18.0 Å². The van der Waals surface area contributed by atoms with Crippen molar-refractivity contribution in [2.24, 2.45) is 0 Å². The molecule has 0 radical (unpaired) electrons. The molecule has 31 heavy (non-hydrogen) atoms. The number of hydrogen-bond donors (Lipinski definition) is 1. The number of benzene rings is 2. The Labute approximate surface area is 177 Å². The van der Waals surface area contributed by atoms with Crippen molar-refractivity contribution < 1.29 is 18.0 Å². The average molecular weight is 430 g/mol. The number of halogens is 3. The van der Waals surface area contributed by atoms with E-state index in [1.165, 1.54) is 23.4 Å². The lowest BCUT2D eigenvalue weighted by Crippen LogP contribution is -2.48. The van der Waals surface area contributed by atoms with E-state index in [2.05, 4.69) is 20.3 Å². The molecule has 2 aromatic carbocycles. The largest absolute Gasteiger partial charge is 0.416 e. The SMILES string of the molecule is O=C(CN1CCN(c2ccccc2)CC1)Nc1cc(C(F)(F)F)ccc1-n1cncn1. The number of alkyl halides is 3. The average Bonchev–Trinajstić information content (AvgIpc) is 3.29. The molecule has 0 bridgehead atoms. The number of amides is 1. The molecule has 1 fully saturated rings. The van der Waals surface area contributed by atoms with Crippen molar-refractivity contribution in [2.75, 3.05) is 42.9 Å². The fraction of sp³-hybridized carbons (Fsp3) is 0.286. The summed E-state index contributed by atoms with van der Waals surface area (Å²) in [6.45, 7) is 2.99. The third kappa shape index (κ3) is 5.02. The van der Waals surface area contributed by atoms with E-state index in [1.807, 2.05) is 35.2 Å². The van der Waals surface area contributed by atoms with E-state index in [0.717, 1.165) is 30.9 Å². The van der Waals surface area contributed by atoms with Crippen molar-refractivity contribution >= 4 is 17.3 Å². The molecular weight excluding hydrogens is 409 g/mol. The normalized spacial score (nSPS) is 15.1. The first-order valence-electron chi connectivity index (χ1n) is 9.78. The van der Waals surface area contributed by atoms with Gasteiger partial charge in [-0.2, -0.15) is 18.3 Å². The maximum atomic E-state index is 13.2. The minimum atomic E-state index is -4.52. The molecular formula is C21H21F3N6O. The Hall–Kier alpha value is -3.40. The lowest BCUT2D eigenvalue weighted by molar-refractivity contribution is -0.137. The molecule has 3 aromatic rings. The standard InChI is InChI=1S/C21H21F3N6O/c22-21(23,24)16-6-7-19(30-15-25-14-26-30)18(12-16)27-20(31)13-28-8-10-29(11-9-28)17-4-2-1-3-5-17/h1-7,12,14-15H,8-11,13H2,(H,27,31). The van der Waals surface area contributed by atoms with Gasteiger partial charge in [0.15, 0.2) is 0 Å². The zero-order chi connectivity index (χ0) is 21.8. The molecule has 1 N–H and O–H groups in total. The highest BCUT2D eigenvalue weighted by atomic mass is 19.4. The van der Waals surface area contributed by atoms with Crippen LogP contribution in [0, 0.1) is 0 Å². The molecule has 0 atom stereocenters. The number of hydrogen-bond acceptors (Lipinski definition) is 5. The summed E-state index contributed by atoms with van der Waals surface area (Å²) in [5.74, 6) is -0.381. The second-order valence-electron chi connectivity index (χ2n) is 7.22. The highest BCUT2D eigenvalue weighted by Crippen LogP contribution is 2.33. The van der Waals surface area contributed by atoms with Crippen LogP contribution >= 0.6 is 0 Å². The predicted octanol–water partition coefficient (Wildman–Crippen LogP) is 3.05. The van der Waals surface area contributed by atoms with Crippen molar-refractivity contribution in [3.05, 3.63) is 66.7 Å². The molecule has 0 aliphatic carbocycles. The molecule has 1 aromatic heterocycles. The Balaban J connectivity index is 1.42. The molecule has 0 spiro atoms. The first-order chi connectivity index (χ1) is 14.9. The molecule has 162 valence electrons. The van der Waals surface area contributed by atoms with Crippen LogP contribution in [0.2, 0.25) is 0 Å². The summed E-state index contributed by atoms with van der Waals surface area (Å²) in [6, 6.07) is 13.2. The Morgan fingerprint density at radius 1 is 1.03 bits per heavy atom. The number of carbonyl (C=O) groups excluding carboxylic acids is 1. The molecule has 0 unspecified atom stereocenters. The number of carbonyl (C=O) groups is 1. The van der Waals surface area contributed by atoms with Gasteiger partial charge in [0.2, 0.25) is 5.91 Å². The van der Waals surface area contributed by atoms with E-state index in [1.54, 1.807) is 0 Å². The maximum absolute atomic E-state index is 13.2. The Morgan fingerprint density at radius 3 is 2.42 bits per heavy atom. The third-order valence-corrected chi connectivity index (χ3v) is 5.12. The van der Waals surface area contributed by atoms with E-state index in [4.69, 9.17) is 0 Å². The number of nitrogens with zero attached hydrogens (tertiary/aromatic N) is 5. The second kappa shape index (κ2) is 8.76. The van der Waals surface area contributed by atoms with Gasteiger partial charge in [0.05, 0.1) is 23.5 Å². The first kappa shape index (κ1) is 20.9. The lowest BCUT2D eigenvalue weighted by Gasteiger charge is -2.35. The van der Waals surface area contributed by atoms with E-state index >= 15 is 0 Å². The second-order valence-corrected chi connectivity index (χ2v) is 7.22. The molecule has 10 heteroatoms. The summed E-state index contributed by atoms with van der Waals surface area (Å²) in [5, 5.41) is 6.57. The molecule has 1 aliphatic heterocycles. The van der Waals surface area contributed by atoms with Gasteiger partial charge in [-0.15, -0.1) is 0 Å². The minimum absolute atomic E-state index is 0.0354. The monoisotopic (exact) mass is 430 g/mol. The summed E-state index contributed by atoms with van der Waals surface area (Å²) in [6.07, 6.45) is -1.88. The summed E-state index contributed by atoms with van der Waals surface area (Å²) in [4.78, 5) is 20.7. The van der Waals surface area contributed by atoms with Crippen molar-refractivity contribution in [1.82, 2.24) is 19.7 Å². The van der Waals surface area contributed by atoms with Crippen LogP contribution in [0.3, 0.4) is 0 Å². The van der Waals surface area contributed by atoms with Gasteiger partial charge in [-0.05, 0) is 30.3 Å². The van der Waals surface area contributed by atoms with Crippen molar-refractivity contribution in [3.63, 3.8) is 0 Å². The van der Waals surface area contributed by atoms with Gasteiger partial charge in [0.1, 0.15) is 12.7 Å². The predicted molar refractivity (Wildman–Crippen MR) is 110 cm³/mol. The number of piperazine rings is 1. The summed E-state index contributed by atoms with van der Waals surface area (Å²) in [7, 11) is 0. The Morgan fingerprint density at radius 2 is 1.77 bits per heavy atom. The van der Waals surface area contributed by atoms with Crippen LogP contribution in [-0.4, -0.2) is 58.3 Å². The topological polar surface area (TPSA) is 66.3 Å². The summed E-state index contributed by atoms with van der Waals surface area (Å²) in [5.41, 5.74) is 0.636. The van der Waals surface area contributed by atoms with Gasteiger partial charge >= 0.3 is 6.18 Å². The minimum Gasteiger partial charge on any atom is -0.369 e. The van der Waals surface area contributed by atoms with Gasteiger partial charge in [-0.3, -0.25) is 9.69 Å². The fourth-order valence-corrected chi connectivity index (χ4v) is 3.54. The first-order valence-corrected chi connectivity index (χ1v) is 9.78. The molecule has 1 saturated heterocycles. The molecule has 1 amide bonds. The fourth-order valence-electron chi connectivity index (χ4n) is 3.54. The van der Waals surface area contributed by atoms with Crippen LogP contribution in [0.25, 0.3) is 5.69 Å². The van der Waals surface area contributed by atoms with Crippen LogP contribution in [0.1, 0.15) is 5.56 Å². The lowest BCUT2D eigenvalue weighted by atomic mass is 10.1. The Bertz CT molecular complexity index is 1020. The highest BCUT2D eigenvalue weighted by molar-refractivity contribution is 5.94. The number of aromatic nitrogens is 3. The number of anilines is 2. The van der Waals surface area contributed by atoms with Crippen molar-refractivity contribution in [2.45, 2.75) is 6.18 Å². The summed E-state index contributed by atoms with van der Waals surface area (Å²) < 4.78 is 40.8. The van der Waals surface area contributed by atoms with Crippen LogP contribution in [0.4, 0.5) is 24.5 Å². The van der Waals surface area contributed by atoms with Crippen LogP contribution < -0.4 is 10.2 Å². The zero-order valence-corrected chi connectivity index (χ0v) is 16.6. The molecule has 1 aliphatic rings. The maximum Gasteiger partial charge on any atom is 0.416 e. The third-order valence-electron chi connectivity index (χ3n) is 5.12. The van der Waals surface area contributed by atoms with Gasteiger partial charge in [-0.25, -0.2) is 9.67 Å². The van der Waals surface area contributed by atoms with Gasteiger partial charge < -0.3 is 10.2 Å². The Kier molecular flexibility index (Phi) is 5.90. The van der Waals surface area contributed by atoms with Gasteiger partial charge in [0.25, 0.3) is 0 Å².